The van der Waals surface area contributed by atoms with Crippen molar-refractivity contribution in [3.63, 3.8) is 0 Å². The maximum absolute atomic E-state index is 6.18. The van der Waals surface area contributed by atoms with Crippen molar-refractivity contribution < 1.29 is 4.74 Å². The Kier molecular flexibility index (Phi) is 6.21. The van der Waals surface area contributed by atoms with E-state index in [9.17, 15) is 0 Å². The van der Waals surface area contributed by atoms with Gasteiger partial charge >= 0.3 is 0 Å². The molecule has 118 valence electrons. The lowest BCUT2D eigenvalue weighted by atomic mass is 10.2. The van der Waals surface area contributed by atoms with Gasteiger partial charge in [-0.05, 0) is 19.9 Å². The van der Waals surface area contributed by atoms with E-state index in [0.29, 0.717) is 5.15 Å². The Labute approximate surface area is 132 Å². The second-order valence-corrected chi connectivity index (χ2v) is 6.09. The van der Waals surface area contributed by atoms with Crippen LogP contribution in [0.3, 0.4) is 0 Å². The number of aromatic nitrogens is 2. The largest absolute Gasteiger partial charge is 0.379 e. The Bertz CT molecular complexity index is 461. The number of nitrogens with one attached hydrogen (secondary N) is 1. The molecule has 1 saturated heterocycles. The SMILES string of the molecule is Cc1c(Cl)nc(C(C)C)nc1NCCCN1CCOCC1. The van der Waals surface area contributed by atoms with Crippen LogP contribution < -0.4 is 5.32 Å². The van der Waals surface area contributed by atoms with Crippen LogP contribution in [0.25, 0.3) is 0 Å². The highest BCUT2D eigenvalue weighted by Gasteiger charge is 2.12. The van der Waals surface area contributed by atoms with E-state index in [1.807, 2.05) is 6.92 Å². The fourth-order valence-corrected chi connectivity index (χ4v) is 2.45. The molecule has 0 unspecified atom stereocenters. The van der Waals surface area contributed by atoms with E-state index in [0.717, 1.165) is 63.0 Å². The number of nitrogens with zero attached hydrogens (tertiary/aromatic N) is 3. The average Bonchev–Trinajstić information content (AvgIpc) is 2.48. The number of hydrogen-bond donors (Lipinski definition) is 1. The summed E-state index contributed by atoms with van der Waals surface area (Å²) in [5, 5.41) is 3.94. The fourth-order valence-electron chi connectivity index (χ4n) is 2.27. The smallest absolute Gasteiger partial charge is 0.137 e. The molecule has 6 heteroatoms. The second kappa shape index (κ2) is 7.92. The first kappa shape index (κ1) is 16.5. The molecular formula is C15H25ClN4O. The van der Waals surface area contributed by atoms with Crippen molar-refractivity contribution in [3.05, 3.63) is 16.5 Å². The molecule has 0 amide bonds. The molecular weight excluding hydrogens is 288 g/mol. The molecule has 0 atom stereocenters. The molecule has 0 bridgehead atoms. The normalized spacial score (nSPS) is 16.4. The van der Waals surface area contributed by atoms with Gasteiger partial charge in [-0.3, -0.25) is 4.90 Å². The highest BCUT2D eigenvalue weighted by atomic mass is 35.5. The Morgan fingerprint density at radius 2 is 2.00 bits per heavy atom. The van der Waals surface area contributed by atoms with E-state index in [1.54, 1.807) is 0 Å². The maximum Gasteiger partial charge on any atom is 0.137 e. The van der Waals surface area contributed by atoms with Crippen molar-refractivity contribution in [1.29, 1.82) is 0 Å². The van der Waals surface area contributed by atoms with Gasteiger partial charge in [0.1, 0.15) is 16.8 Å². The topological polar surface area (TPSA) is 50.3 Å². The molecule has 1 N–H and O–H groups in total. The minimum absolute atomic E-state index is 0.275. The molecule has 0 aromatic carbocycles. The average molecular weight is 313 g/mol. The van der Waals surface area contributed by atoms with E-state index in [-0.39, 0.29) is 5.92 Å². The minimum atomic E-state index is 0.275. The summed E-state index contributed by atoms with van der Waals surface area (Å²) in [5.41, 5.74) is 0.924. The molecule has 0 radical (unpaired) electrons. The fraction of sp³-hybridized carbons (Fsp3) is 0.733. The van der Waals surface area contributed by atoms with Gasteiger partial charge in [-0.1, -0.05) is 25.4 Å². The molecule has 2 heterocycles. The minimum Gasteiger partial charge on any atom is -0.379 e. The summed E-state index contributed by atoms with van der Waals surface area (Å²) in [4.78, 5) is 11.3. The number of morpholine rings is 1. The molecule has 1 aromatic rings. The first-order chi connectivity index (χ1) is 10.1. The second-order valence-electron chi connectivity index (χ2n) is 5.74. The van der Waals surface area contributed by atoms with Crippen molar-refractivity contribution >= 4 is 17.4 Å². The van der Waals surface area contributed by atoms with Crippen molar-refractivity contribution in [2.24, 2.45) is 0 Å². The first-order valence-corrected chi connectivity index (χ1v) is 8.03. The highest BCUT2D eigenvalue weighted by Crippen LogP contribution is 2.22. The molecule has 0 saturated carbocycles. The molecule has 0 aliphatic carbocycles. The summed E-state index contributed by atoms with van der Waals surface area (Å²) < 4.78 is 5.35. The maximum atomic E-state index is 6.18. The van der Waals surface area contributed by atoms with Gasteiger partial charge in [0.25, 0.3) is 0 Å². The summed E-state index contributed by atoms with van der Waals surface area (Å²) in [7, 11) is 0. The third kappa shape index (κ3) is 4.80. The summed E-state index contributed by atoms with van der Waals surface area (Å²) in [6, 6.07) is 0. The number of anilines is 1. The Balaban J connectivity index is 1.84. The number of halogens is 1. The predicted molar refractivity (Wildman–Crippen MR) is 86.2 cm³/mol. The van der Waals surface area contributed by atoms with Crippen molar-refractivity contribution in [2.75, 3.05) is 44.7 Å². The zero-order valence-corrected chi connectivity index (χ0v) is 13.9. The zero-order chi connectivity index (χ0) is 15.2. The molecule has 2 rings (SSSR count). The van der Waals surface area contributed by atoms with Gasteiger partial charge in [0.15, 0.2) is 0 Å². The van der Waals surface area contributed by atoms with Gasteiger partial charge in [0.05, 0.1) is 13.2 Å². The lowest BCUT2D eigenvalue weighted by Crippen LogP contribution is -2.37. The monoisotopic (exact) mass is 312 g/mol. The molecule has 1 fully saturated rings. The van der Waals surface area contributed by atoms with Crippen molar-refractivity contribution in [2.45, 2.75) is 33.1 Å². The Morgan fingerprint density at radius 3 is 2.67 bits per heavy atom. The summed E-state index contributed by atoms with van der Waals surface area (Å²) in [6.07, 6.45) is 1.08. The predicted octanol–water partition coefficient (Wildman–Crippen LogP) is 2.70. The molecule has 1 aliphatic heterocycles. The van der Waals surface area contributed by atoms with Crippen LogP contribution in [0, 0.1) is 6.92 Å². The number of rotatable bonds is 6. The van der Waals surface area contributed by atoms with Gasteiger partial charge in [-0.25, -0.2) is 9.97 Å². The first-order valence-electron chi connectivity index (χ1n) is 7.66. The summed E-state index contributed by atoms with van der Waals surface area (Å²) in [6.45, 7) is 11.9. The van der Waals surface area contributed by atoms with Crippen molar-refractivity contribution in [3.8, 4) is 0 Å². The molecule has 5 nitrogen and oxygen atoms in total. The van der Waals surface area contributed by atoms with E-state index >= 15 is 0 Å². The van der Waals surface area contributed by atoms with Gasteiger partial charge in [-0.2, -0.15) is 0 Å². The highest BCUT2D eigenvalue weighted by molar-refractivity contribution is 6.30. The molecule has 1 aliphatic rings. The molecule has 0 spiro atoms. The van der Waals surface area contributed by atoms with Gasteiger partial charge in [0, 0.05) is 31.1 Å². The summed E-state index contributed by atoms with van der Waals surface area (Å²) >= 11 is 6.18. The van der Waals surface area contributed by atoms with E-state index in [1.165, 1.54) is 0 Å². The van der Waals surface area contributed by atoms with Crippen molar-refractivity contribution in [1.82, 2.24) is 14.9 Å². The van der Waals surface area contributed by atoms with Crippen LogP contribution in [0.5, 0.6) is 0 Å². The van der Waals surface area contributed by atoms with E-state index < -0.39 is 0 Å². The van der Waals surface area contributed by atoms with E-state index in [2.05, 4.69) is 34.0 Å². The van der Waals surface area contributed by atoms with Crippen LogP contribution in [0.1, 0.15) is 37.6 Å². The zero-order valence-electron chi connectivity index (χ0n) is 13.2. The van der Waals surface area contributed by atoms with Gasteiger partial charge < -0.3 is 10.1 Å². The lowest BCUT2D eigenvalue weighted by molar-refractivity contribution is 0.0378. The Hall–Kier alpha value is -0.910. The van der Waals surface area contributed by atoms with Crippen LogP contribution in [-0.4, -0.2) is 54.3 Å². The van der Waals surface area contributed by atoms with Gasteiger partial charge in [0.2, 0.25) is 0 Å². The standard InChI is InChI=1S/C15H25ClN4O/c1-11(2)14-18-13(16)12(3)15(19-14)17-5-4-6-20-7-9-21-10-8-20/h11H,4-10H2,1-3H3,(H,17,18,19). The molecule has 21 heavy (non-hydrogen) atoms. The Morgan fingerprint density at radius 1 is 1.29 bits per heavy atom. The van der Waals surface area contributed by atoms with Crippen LogP contribution in [0.15, 0.2) is 0 Å². The van der Waals surface area contributed by atoms with Crippen LogP contribution in [-0.2, 0) is 4.74 Å². The molecule has 1 aromatic heterocycles. The third-order valence-electron chi connectivity index (χ3n) is 3.67. The van der Waals surface area contributed by atoms with Crippen LogP contribution in [0.2, 0.25) is 5.15 Å². The number of ether oxygens (including phenoxy) is 1. The lowest BCUT2D eigenvalue weighted by Gasteiger charge is -2.26. The van der Waals surface area contributed by atoms with Crippen LogP contribution >= 0.6 is 11.6 Å². The number of hydrogen-bond acceptors (Lipinski definition) is 5. The van der Waals surface area contributed by atoms with E-state index in [4.69, 9.17) is 16.3 Å². The quantitative estimate of drug-likeness (QED) is 0.646. The summed E-state index contributed by atoms with van der Waals surface area (Å²) in [5.74, 6) is 1.93. The van der Waals surface area contributed by atoms with Gasteiger partial charge in [-0.15, -0.1) is 0 Å². The third-order valence-corrected chi connectivity index (χ3v) is 4.04. The van der Waals surface area contributed by atoms with Crippen LogP contribution in [0.4, 0.5) is 5.82 Å².